The summed E-state index contributed by atoms with van der Waals surface area (Å²) in [6, 6.07) is 0.230. The third-order valence-corrected chi connectivity index (χ3v) is 6.59. The van der Waals surface area contributed by atoms with Crippen LogP contribution in [0.4, 0.5) is 13.2 Å². The molecular weight excluding hydrogens is 353 g/mol. The van der Waals surface area contributed by atoms with Crippen molar-refractivity contribution in [1.29, 1.82) is 0 Å². The molecule has 0 spiro atoms. The van der Waals surface area contributed by atoms with Crippen LogP contribution in [0.3, 0.4) is 0 Å². The molecule has 0 saturated heterocycles. The van der Waals surface area contributed by atoms with E-state index in [2.05, 4.69) is 5.32 Å². The molecule has 4 atom stereocenters. The van der Waals surface area contributed by atoms with E-state index in [4.69, 9.17) is 5.73 Å². The maximum Gasteiger partial charge on any atom is 0.391 e. The average Bonchev–Trinajstić information content (AvgIpc) is 2.52. The molecule has 3 nitrogen and oxygen atoms in total. The summed E-state index contributed by atoms with van der Waals surface area (Å²) in [4.78, 5) is 12.5. The predicted molar refractivity (Wildman–Crippen MR) is 93.3 cm³/mol. The van der Waals surface area contributed by atoms with Gasteiger partial charge in [0.1, 0.15) is 0 Å². The van der Waals surface area contributed by atoms with Crippen LogP contribution in [-0.2, 0) is 4.79 Å². The molecule has 2 bridgehead atoms. The lowest BCUT2D eigenvalue weighted by atomic mass is 9.65. The van der Waals surface area contributed by atoms with Crippen LogP contribution < -0.4 is 11.1 Å². The minimum absolute atomic E-state index is 0. The van der Waals surface area contributed by atoms with Gasteiger partial charge in [0.15, 0.2) is 0 Å². The van der Waals surface area contributed by atoms with Gasteiger partial charge in [-0.3, -0.25) is 4.79 Å². The summed E-state index contributed by atoms with van der Waals surface area (Å²) < 4.78 is 38.6. The lowest BCUT2D eigenvalue weighted by Gasteiger charge is -2.43. The number of halogens is 4. The summed E-state index contributed by atoms with van der Waals surface area (Å²) in [5, 5.41) is 2.95. The summed E-state index contributed by atoms with van der Waals surface area (Å²) >= 11 is 0. The monoisotopic (exact) mass is 382 g/mol. The number of hydrogen-bond acceptors (Lipinski definition) is 2. The van der Waals surface area contributed by atoms with Crippen molar-refractivity contribution in [2.75, 3.05) is 6.54 Å². The highest BCUT2D eigenvalue weighted by atomic mass is 35.5. The lowest BCUT2D eigenvalue weighted by molar-refractivity contribution is -0.185. The number of carbonyl (C=O) groups excluding carboxylic acids is 1. The van der Waals surface area contributed by atoms with Gasteiger partial charge in [-0.25, -0.2) is 0 Å². The van der Waals surface area contributed by atoms with Gasteiger partial charge in [0.2, 0.25) is 5.91 Å². The molecule has 3 N–H and O–H groups in total. The maximum atomic E-state index is 12.9. The minimum Gasteiger partial charge on any atom is -0.356 e. The van der Waals surface area contributed by atoms with Crippen molar-refractivity contribution < 1.29 is 18.0 Å². The van der Waals surface area contributed by atoms with Gasteiger partial charge in [0, 0.05) is 18.5 Å². The standard InChI is InChI=1S/C18H29F3N2O.ClH/c19-18(20,21)15-6-1-3-11(7-15)10-23-17(24)14-8-12-4-2-5-13(9-14)16(12)22;/h11-16H,1-10,22H2,(H,23,24);1H. The summed E-state index contributed by atoms with van der Waals surface area (Å²) in [7, 11) is 0. The molecule has 25 heavy (non-hydrogen) atoms. The van der Waals surface area contributed by atoms with E-state index in [-0.39, 0.29) is 49.0 Å². The molecule has 146 valence electrons. The Morgan fingerprint density at radius 1 is 1.00 bits per heavy atom. The van der Waals surface area contributed by atoms with Gasteiger partial charge in [-0.15, -0.1) is 12.4 Å². The Bertz CT molecular complexity index is 446. The zero-order chi connectivity index (χ0) is 17.3. The molecule has 4 unspecified atom stereocenters. The van der Waals surface area contributed by atoms with E-state index in [9.17, 15) is 18.0 Å². The largest absolute Gasteiger partial charge is 0.391 e. The van der Waals surface area contributed by atoms with E-state index in [1.165, 1.54) is 6.42 Å². The molecule has 0 aliphatic heterocycles. The summed E-state index contributed by atoms with van der Waals surface area (Å²) in [5.74, 6) is -0.315. The zero-order valence-electron chi connectivity index (χ0n) is 14.6. The number of fused-ring (bicyclic) bond motifs is 2. The molecule has 3 aliphatic carbocycles. The van der Waals surface area contributed by atoms with E-state index >= 15 is 0 Å². The lowest BCUT2D eigenvalue weighted by Crippen LogP contribution is -2.49. The Hall–Kier alpha value is -0.490. The predicted octanol–water partition coefficient (Wildman–Crippen LogP) is 4.05. The molecule has 3 saturated carbocycles. The van der Waals surface area contributed by atoms with E-state index in [1.807, 2.05) is 0 Å². The Labute approximate surface area is 154 Å². The van der Waals surface area contributed by atoms with Gasteiger partial charge in [-0.2, -0.15) is 13.2 Å². The number of nitrogens with two attached hydrogens (primary N) is 1. The third kappa shape index (κ3) is 5.03. The normalized spacial score (nSPS) is 38.6. The molecule has 7 heteroatoms. The summed E-state index contributed by atoms with van der Waals surface area (Å²) in [6.07, 6.45) is 2.80. The van der Waals surface area contributed by atoms with Crippen LogP contribution in [0.2, 0.25) is 0 Å². The Kier molecular flexibility index (Phi) is 7.05. The Morgan fingerprint density at radius 3 is 2.20 bits per heavy atom. The van der Waals surface area contributed by atoms with Gasteiger partial charge < -0.3 is 11.1 Å². The molecule has 1 amide bonds. The van der Waals surface area contributed by atoms with Crippen molar-refractivity contribution in [3.63, 3.8) is 0 Å². The van der Waals surface area contributed by atoms with Crippen LogP contribution in [0.5, 0.6) is 0 Å². The number of alkyl halides is 3. The van der Waals surface area contributed by atoms with Gasteiger partial charge in [-0.05, 0) is 62.7 Å². The molecule has 3 rings (SSSR count). The molecule has 0 radical (unpaired) electrons. The zero-order valence-corrected chi connectivity index (χ0v) is 15.4. The van der Waals surface area contributed by atoms with Crippen molar-refractivity contribution in [3.8, 4) is 0 Å². The molecular formula is C18H30ClF3N2O. The fourth-order valence-corrected chi connectivity index (χ4v) is 5.17. The summed E-state index contributed by atoms with van der Waals surface area (Å²) in [6.45, 7) is 0.392. The minimum atomic E-state index is -4.10. The van der Waals surface area contributed by atoms with E-state index < -0.39 is 12.1 Å². The quantitative estimate of drug-likeness (QED) is 0.773. The first-order chi connectivity index (χ1) is 11.3. The van der Waals surface area contributed by atoms with Gasteiger partial charge >= 0.3 is 6.18 Å². The van der Waals surface area contributed by atoms with Crippen LogP contribution in [0.15, 0.2) is 0 Å². The fourth-order valence-electron chi connectivity index (χ4n) is 5.17. The van der Waals surface area contributed by atoms with Crippen molar-refractivity contribution >= 4 is 18.3 Å². The number of amides is 1. The number of hydrogen-bond donors (Lipinski definition) is 2. The van der Waals surface area contributed by atoms with E-state index in [0.717, 1.165) is 32.1 Å². The second-order valence-corrected chi connectivity index (χ2v) is 8.21. The van der Waals surface area contributed by atoms with Crippen LogP contribution >= 0.6 is 12.4 Å². The average molecular weight is 383 g/mol. The highest BCUT2D eigenvalue weighted by molar-refractivity contribution is 5.85. The van der Waals surface area contributed by atoms with Gasteiger partial charge in [0.05, 0.1) is 5.92 Å². The first kappa shape index (κ1) is 20.8. The maximum absolute atomic E-state index is 12.9. The SMILES string of the molecule is Cl.NC1C2CCCC1CC(C(=O)NCC1CCCC(C(F)(F)F)C1)C2. The van der Waals surface area contributed by atoms with Crippen LogP contribution in [0, 0.1) is 29.6 Å². The van der Waals surface area contributed by atoms with Crippen molar-refractivity contribution in [3.05, 3.63) is 0 Å². The molecule has 0 aromatic carbocycles. The topological polar surface area (TPSA) is 55.1 Å². The number of nitrogens with one attached hydrogen (secondary N) is 1. The second-order valence-electron chi connectivity index (χ2n) is 8.21. The van der Waals surface area contributed by atoms with Crippen LogP contribution in [-0.4, -0.2) is 24.7 Å². The fraction of sp³-hybridized carbons (Fsp3) is 0.944. The smallest absolute Gasteiger partial charge is 0.356 e. The van der Waals surface area contributed by atoms with Gasteiger partial charge in [-0.1, -0.05) is 12.8 Å². The van der Waals surface area contributed by atoms with Crippen LogP contribution in [0.1, 0.15) is 57.8 Å². The van der Waals surface area contributed by atoms with Crippen molar-refractivity contribution in [1.82, 2.24) is 5.32 Å². The van der Waals surface area contributed by atoms with Crippen LogP contribution in [0.25, 0.3) is 0 Å². The summed E-state index contributed by atoms with van der Waals surface area (Å²) in [5.41, 5.74) is 6.26. The van der Waals surface area contributed by atoms with E-state index in [1.54, 1.807) is 0 Å². The number of rotatable bonds is 3. The first-order valence-corrected chi connectivity index (χ1v) is 9.44. The molecule has 0 heterocycles. The molecule has 3 aliphatic rings. The number of carbonyl (C=O) groups is 1. The first-order valence-electron chi connectivity index (χ1n) is 9.44. The van der Waals surface area contributed by atoms with Gasteiger partial charge in [0.25, 0.3) is 0 Å². The van der Waals surface area contributed by atoms with Crippen molar-refractivity contribution in [2.45, 2.75) is 70.0 Å². The van der Waals surface area contributed by atoms with E-state index in [0.29, 0.717) is 24.8 Å². The molecule has 0 aromatic rings. The Morgan fingerprint density at radius 2 is 1.60 bits per heavy atom. The second kappa shape index (κ2) is 8.47. The highest BCUT2D eigenvalue weighted by Gasteiger charge is 2.43. The van der Waals surface area contributed by atoms with Crippen molar-refractivity contribution in [2.24, 2.45) is 35.3 Å². The highest BCUT2D eigenvalue weighted by Crippen LogP contribution is 2.42. The molecule has 0 aromatic heterocycles. The third-order valence-electron chi connectivity index (χ3n) is 6.59. The molecule has 3 fully saturated rings. The Balaban J connectivity index is 0.00000225.